The SMILES string of the molecule is Cc1nnc(NC(Cc2ccccc2)C2CC(O)C2)s1. The molecule has 0 amide bonds. The van der Waals surface area contributed by atoms with Crippen LogP contribution >= 0.6 is 11.3 Å². The lowest BCUT2D eigenvalue weighted by Gasteiger charge is -2.38. The molecule has 1 heterocycles. The number of benzene rings is 1. The summed E-state index contributed by atoms with van der Waals surface area (Å²) in [6, 6.07) is 10.8. The number of aliphatic hydroxyl groups is 1. The van der Waals surface area contributed by atoms with Crippen LogP contribution in [0, 0.1) is 12.8 Å². The van der Waals surface area contributed by atoms with E-state index in [4.69, 9.17) is 0 Å². The third-order valence-corrected chi connectivity index (χ3v) is 4.62. The van der Waals surface area contributed by atoms with Gasteiger partial charge < -0.3 is 10.4 Å². The summed E-state index contributed by atoms with van der Waals surface area (Å²) < 4.78 is 0. The van der Waals surface area contributed by atoms with Crippen molar-refractivity contribution in [1.82, 2.24) is 10.2 Å². The standard InChI is InChI=1S/C15H19N3OS/c1-10-17-18-15(20-10)16-14(12-8-13(19)9-12)7-11-5-3-2-4-6-11/h2-6,12-14,19H,7-9H2,1H3,(H,16,18). The minimum Gasteiger partial charge on any atom is -0.393 e. The Kier molecular flexibility index (Phi) is 3.98. The third-order valence-electron chi connectivity index (χ3n) is 3.85. The van der Waals surface area contributed by atoms with Crippen molar-refractivity contribution in [1.29, 1.82) is 0 Å². The number of anilines is 1. The number of aromatic nitrogens is 2. The fourth-order valence-corrected chi connectivity index (χ4v) is 3.33. The number of rotatable bonds is 5. The minimum atomic E-state index is -0.128. The van der Waals surface area contributed by atoms with Gasteiger partial charge in [0.1, 0.15) is 5.01 Å². The molecule has 0 spiro atoms. The summed E-state index contributed by atoms with van der Waals surface area (Å²) in [5.74, 6) is 0.509. The van der Waals surface area contributed by atoms with Crippen LogP contribution in [0.1, 0.15) is 23.4 Å². The molecular formula is C15H19N3OS. The number of nitrogens with one attached hydrogen (secondary N) is 1. The van der Waals surface area contributed by atoms with E-state index in [-0.39, 0.29) is 6.10 Å². The molecule has 3 rings (SSSR count). The maximum atomic E-state index is 9.55. The molecule has 0 saturated heterocycles. The molecule has 0 aliphatic heterocycles. The summed E-state index contributed by atoms with van der Waals surface area (Å²) in [6.07, 6.45) is 2.58. The van der Waals surface area contributed by atoms with Gasteiger partial charge in [0.25, 0.3) is 0 Å². The van der Waals surface area contributed by atoms with Gasteiger partial charge in [-0.25, -0.2) is 0 Å². The van der Waals surface area contributed by atoms with E-state index in [9.17, 15) is 5.11 Å². The largest absolute Gasteiger partial charge is 0.393 e. The fourth-order valence-electron chi connectivity index (χ4n) is 2.68. The highest BCUT2D eigenvalue weighted by atomic mass is 32.1. The van der Waals surface area contributed by atoms with Gasteiger partial charge in [-0.2, -0.15) is 0 Å². The fraction of sp³-hybridized carbons (Fsp3) is 0.467. The average molecular weight is 289 g/mol. The van der Waals surface area contributed by atoms with Crippen molar-refractivity contribution in [2.24, 2.45) is 5.92 Å². The minimum absolute atomic E-state index is 0.128. The van der Waals surface area contributed by atoms with Gasteiger partial charge in [-0.1, -0.05) is 41.7 Å². The molecule has 4 nitrogen and oxygen atoms in total. The maximum Gasteiger partial charge on any atom is 0.205 e. The van der Waals surface area contributed by atoms with Gasteiger partial charge in [0.2, 0.25) is 5.13 Å². The zero-order chi connectivity index (χ0) is 13.9. The van der Waals surface area contributed by atoms with E-state index in [0.29, 0.717) is 12.0 Å². The van der Waals surface area contributed by atoms with Crippen molar-refractivity contribution >= 4 is 16.5 Å². The Morgan fingerprint density at radius 3 is 2.65 bits per heavy atom. The first-order valence-corrected chi connectivity index (χ1v) is 7.81. The molecule has 1 aromatic heterocycles. The van der Waals surface area contributed by atoms with Crippen LogP contribution in [0.4, 0.5) is 5.13 Å². The second-order valence-electron chi connectivity index (χ2n) is 5.45. The van der Waals surface area contributed by atoms with Crippen molar-refractivity contribution in [2.45, 2.75) is 38.3 Å². The molecule has 1 unspecified atom stereocenters. The van der Waals surface area contributed by atoms with Crippen LogP contribution in [0.3, 0.4) is 0 Å². The molecule has 1 aliphatic rings. The van der Waals surface area contributed by atoms with Crippen molar-refractivity contribution in [3.63, 3.8) is 0 Å². The van der Waals surface area contributed by atoms with Crippen molar-refractivity contribution < 1.29 is 5.11 Å². The zero-order valence-corrected chi connectivity index (χ0v) is 12.3. The predicted octanol–water partition coefficient (Wildman–Crippen LogP) is 2.64. The molecule has 20 heavy (non-hydrogen) atoms. The number of aliphatic hydroxyl groups excluding tert-OH is 1. The Morgan fingerprint density at radius 1 is 1.30 bits per heavy atom. The predicted molar refractivity (Wildman–Crippen MR) is 80.9 cm³/mol. The molecule has 1 fully saturated rings. The third kappa shape index (κ3) is 3.16. The Hall–Kier alpha value is -1.46. The van der Waals surface area contributed by atoms with Gasteiger partial charge in [0.05, 0.1) is 6.10 Å². The molecule has 1 atom stereocenters. The van der Waals surface area contributed by atoms with Crippen LogP contribution in [-0.2, 0) is 6.42 Å². The van der Waals surface area contributed by atoms with Gasteiger partial charge in [0.15, 0.2) is 0 Å². The summed E-state index contributed by atoms with van der Waals surface area (Å²) in [5.41, 5.74) is 1.31. The summed E-state index contributed by atoms with van der Waals surface area (Å²) in [4.78, 5) is 0. The van der Waals surface area contributed by atoms with E-state index in [2.05, 4.69) is 39.8 Å². The van der Waals surface area contributed by atoms with Crippen molar-refractivity contribution in [2.75, 3.05) is 5.32 Å². The zero-order valence-electron chi connectivity index (χ0n) is 11.5. The Morgan fingerprint density at radius 2 is 2.05 bits per heavy atom. The molecule has 2 N–H and O–H groups in total. The lowest BCUT2D eigenvalue weighted by Crippen LogP contribution is -2.42. The first kappa shape index (κ1) is 13.5. The van der Waals surface area contributed by atoms with E-state index in [1.165, 1.54) is 5.56 Å². The van der Waals surface area contributed by atoms with Gasteiger partial charge in [-0.05, 0) is 37.7 Å². The summed E-state index contributed by atoms with van der Waals surface area (Å²) in [6.45, 7) is 1.96. The van der Waals surface area contributed by atoms with Crippen LogP contribution < -0.4 is 5.32 Å². The van der Waals surface area contributed by atoms with Crippen LogP contribution in [0.2, 0.25) is 0 Å². The topological polar surface area (TPSA) is 58.0 Å². The van der Waals surface area contributed by atoms with E-state index < -0.39 is 0 Å². The lowest BCUT2D eigenvalue weighted by atomic mass is 9.75. The monoisotopic (exact) mass is 289 g/mol. The second kappa shape index (κ2) is 5.89. The molecule has 2 aromatic rings. The molecule has 0 bridgehead atoms. The highest BCUT2D eigenvalue weighted by Gasteiger charge is 2.34. The van der Waals surface area contributed by atoms with Crippen LogP contribution in [-0.4, -0.2) is 27.4 Å². The van der Waals surface area contributed by atoms with Gasteiger partial charge in [-0.15, -0.1) is 10.2 Å². The highest BCUT2D eigenvalue weighted by molar-refractivity contribution is 7.15. The number of nitrogens with zero attached hydrogens (tertiary/aromatic N) is 2. The molecule has 1 aromatic carbocycles. The van der Waals surface area contributed by atoms with Crippen LogP contribution in [0.5, 0.6) is 0 Å². The summed E-state index contributed by atoms with van der Waals surface area (Å²) in [7, 11) is 0. The average Bonchev–Trinajstić information content (AvgIpc) is 2.81. The first-order valence-electron chi connectivity index (χ1n) is 6.99. The Balaban J connectivity index is 1.70. The molecule has 106 valence electrons. The number of hydrogen-bond acceptors (Lipinski definition) is 5. The van der Waals surface area contributed by atoms with E-state index in [0.717, 1.165) is 29.4 Å². The van der Waals surface area contributed by atoms with Crippen molar-refractivity contribution in [3.05, 3.63) is 40.9 Å². The van der Waals surface area contributed by atoms with Crippen molar-refractivity contribution in [3.8, 4) is 0 Å². The number of aryl methyl sites for hydroxylation is 1. The first-order chi connectivity index (χ1) is 9.70. The second-order valence-corrected chi connectivity index (χ2v) is 6.63. The van der Waals surface area contributed by atoms with E-state index in [1.807, 2.05) is 13.0 Å². The molecule has 1 aliphatic carbocycles. The summed E-state index contributed by atoms with van der Waals surface area (Å²) >= 11 is 1.58. The normalized spacial score (nSPS) is 23.1. The van der Waals surface area contributed by atoms with Crippen LogP contribution in [0.15, 0.2) is 30.3 Å². The van der Waals surface area contributed by atoms with E-state index >= 15 is 0 Å². The van der Waals surface area contributed by atoms with Gasteiger partial charge >= 0.3 is 0 Å². The van der Waals surface area contributed by atoms with E-state index in [1.54, 1.807) is 11.3 Å². The Labute approximate surface area is 122 Å². The highest BCUT2D eigenvalue weighted by Crippen LogP contribution is 2.33. The number of hydrogen-bond donors (Lipinski definition) is 2. The molecular weight excluding hydrogens is 270 g/mol. The molecule has 5 heteroatoms. The maximum absolute atomic E-state index is 9.55. The van der Waals surface area contributed by atoms with Gasteiger partial charge in [-0.3, -0.25) is 0 Å². The lowest BCUT2D eigenvalue weighted by molar-refractivity contribution is 0.0342. The molecule has 0 radical (unpaired) electrons. The quantitative estimate of drug-likeness (QED) is 0.888. The Bertz CT molecular complexity index is 551. The van der Waals surface area contributed by atoms with Crippen LogP contribution in [0.25, 0.3) is 0 Å². The smallest absolute Gasteiger partial charge is 0.205 e. The van der Waals surface area contributed by atoms with Gasteiger partial charge in [0, 0.05) is 6.04 Å². The summed E-state index contributed by atoms with van der Waals surface area (Å²) in [5, 5.41) is 23.1. The molecule has 1 saturated carbocycles.